The number of carboxylic acids is 2. The first kappa shape index (κ1) is 40.1. The molecule has 4 aromatic rings. The van der Waals surface area contributed by atoms with Gasteiger partial charge in [-0.1, -0.05) is 0 Å². The molecule has 0 atom stereocenters. The number of para-hydroxylation sites is 2. The van der Waals surface area contributed by atoms with E-state index in [1.54, 1.807) is 36.1 Å². The number of carbonyl (C=O) groups is 3. The van der Waals surface area contributed by atoms with Crippen LogP contribution in [0.3, 0.4) is 0 Å². The third-order valence-electron chi connectivity index (χ3n) is 8.97. The van der Waals surface area contributed by atoms with Gasteiger partial charge in [-0.3, -0.25) is 4.55 Å². The third-order valence-corrected chi connectivity index (χ3v) is 12.7. The zero-order chi connectivity index (χ0) is 40.8. The van der Waals surface area contributed by atoms with Crippen molar-refractivity contribution in [2.24, 2.45) is 7.05 Å². The number of hydrogen-bond acceptors (Lipinski definition) is 11. The Hall–Kier alpha value is -5.57. The van der Waals surface area contributed by atoms with Gasteiger partial charge in [-0.2, -0.15) is 8.42 Å². The molecule has 0 radical (unpaired) electrons. The number of aliphatic hydroxyl groups excluding tert-OH is 1. The topological polar surface area (TPSA) is 234 Å². The van der Waals surface area contributed by atoms with E-state index in [0.717, 1.165) is 9.47 Å². The Balaban J connectivity index is 1.72. The molecular weight excluding hydrogens is 840 g/mol. The van der Waals surface area contributed by atoms with Crippen molar-refractivity contribution < 1.29 is 47.4 Å². The predicted octanol–water partition coefficient (Wildman–Crippen LogP) is -1.19. The molecule has 18 nitrogen and oxygen atoms in total. The van der Waals surface area contributed by atoms with Crippen LogP contribution in [-0.2, 0) is 33.3 Å². The maximum absolute atomic E-state index is 14.6. The molecule has 56 heavy (non-hydrogen) atoms. The third kappa shape index (κ3) is 7.39. The van der Waals surface area contributed by atoms with Crippen LogP contribution in [0.15, 0.2) is 69.6 Å². The summed E-state index contributed by atoms with van der Waals surface area (Å²) in [4.78, 5) is 70.5. The molecule has 4 N–H and O–H groups in total. The molecule has 0 spiro atoms. The Labute approximate surface area is 328 Å². The van der Waals surface area contributed by atoms with Crippen molar-refractivity contribution in [1.29, 1.82) is 0 Å². The first-order valence-electron chi connectivity index (χ1n) is 16.7. The number of ether oxygens (including phenoxy) is 1. The molecule has 6 rings (SSSR count). The molecule has 1 amide bonds. The quantitative estimate of drug-likeness (QED) is 0.0789. The second-order valence-electron chi connectivity index (χ2n) is 12.6. The van der Waals surface area contributed by atoms with Crippen molar-refractivity contribution in [3.05, 3.63) is 105 Å². The van der Waals surface area contributed by atoms with Crippen LogP contribution >= 0.6 is 12.2 Å². The molecule has 294 valence electrons. The number of β-amino-alcohol motifs (C(OH)–C–C–N with tert-alkyl or cyclic N) is 1. The Morgan fingerprint density at radius 1 is 0.964 bits per heavy atom. The van der Waals surface area contributed by atoms with E-state index < -0.39 is 72.5 Å². The maximum atomic E-state index is 14.6. The van der Waals surface area contributed by atoms with Gasteiger partial charge < -0.3 is 0 Å². The smallest absolute Gasteiger partial charge is 0.286 e. The summed E-state index contributed by atoms with van der Waals surface area (Å²) in [5.41, 5.74) is -0.389. The number of imidazole rings is 1. The molecule has 2 aromatic heterocycles. The fraction of sp³-hybridized carbons (Fsp3) is 0.257. The first-order valence-corrected chi connectivity index (χ1v) is 20.4. The predicted molar refractivity (Wildman–Crippen MR) is 205 cm³/mol. The summed E-state index contributed by atoms with van der Waals surface area (Å²) in [6.07, 6.45) is 1.54. The van der Waals surface area contributed by atoms with E-state index in [2.05, 4.69) is 0 Å². The molecule has 0 unspecified atom stereocenters. The summed E-state index contributed by atoms with van der Waals surface area (Å²) >= 11 is 4.28. The van der Waals surface area contributed by atoms with Crippen molar-refractivity contribution in [3.8, 4) is 11.4 Å². The number of likely N-dealkylation sites (N-methyl/N-ethyl adjacent to an activating group) is 1. The van der Waals surface area contributed by atoms with Crippen molar-refractivity contribution in [1.82, 2.24) is 23.5 Å². The van der Waals surface area contributed by atoms with Crippen molar-refractivity contribution in [3.63, 3.8) is 0 Å². The van der Waals surface area contributed by atoms with E-state index in [1.807, 2.05) is 0 Å². The van der Waals surface area contributed by atoms with Crippen LogP contribution in [0.1, 0.15) is 23.7 Å². The summed E-state index contributed by atoms with van der Waals surface area (Å²) in [5.74, 6) is -3.00. The van der Waals surface area contributed by atoms with E-state index >= 15 is 0 Å². The molecule has 0 bridgehead atoms. The van der Waals surface area contributed by atoms with Crippen LogP contribution in [-0.4, -0.2) is 122 Å². The Kier molecular flexibility index (Phi) is 11.1. The van der Waals surface area contributed by atoms with E-state index in [-0.39, 0.29) is 66.6 Å². The average molecular weight is 874 g/mol. The molecule has 2 aliphatic heterocycles. The summed E-state index contributed by atoms with van der Waals surface area (Å²) in [6.45, 7) is 0.401. The first-order chi connectivity index (χ1) is 26.4. The molecule has 2 aromatic carbocycles. The van der Waals surface area contributed by atoms with Crippen LogP contribution in [0.2, 0.25) is 0 Å². The van der Waals surface area contributed by atoms with Gasteiger partial charge >= 0.3 is 316 Å². The molecule has 1 fully saturated rings. The Morgan fingerprint density at radius 3 is 2.27 bits per heavy atom. The molecule has 1 saturated heterocycles. The number of anilines is 1. The minimum atomic E-state index is -4.25. The van der Waals surface area contributed by atoms with Gasteiger partial charge in [0.2, 0.25) is 0 Å². The van der Waals surface area contributed by atoms with Gasteiger partial charge in [-0.25, -0.2) is 0 Å². The SMILES string of the molecule is CC(C=c1c(=O)n(-c2ccc(C(=O)O)cc2)/c(=c2\[se]/c(=C3\C(=O)N(C)C(=S)N3CCO)n(CC(=O)O)c2=O)n1C)=C1Oc2ccccc2N1CCCS(=O)(=O)O. The number of fused-ring (bicyclic) bond motifs is 1. The number of aliphatic hydroxyl groups is 1. The fourth-order valence-electron chi connectivity index (χ4n) is 6.40. The van der Waals surface area contributed by atoms with Crippen LogP contribution in [0, 0.1) is 9.57 Å². The number of thiocarbonyl (C=S) groups is 1. The van der Waals surface area contributed by atoms with E-state index in [0.29, 0.717) is 17.0 Å². The summed E-state index contributed by atoms with van der Waals surface area (Å²) in [5, 5.41) is 29.3. The fourth-order valence-corrected chi connectivity index (χ4v) is 9.81. The Bertz CT molecular complexity index is 2820. The van der Waals surface area contributed by atoms with Gasteiger partial charge in [0.1, 0.15) is 0 Å². The number of benzene rings is 2. The summed E-state index contributed by atoms with van der Waals surface area (Å²) in [7, 11) is -1.33. The van der Waals surface area contributed by atoms with E-state index in [9.17, 15) is 52.3 Å². The second-order valence-corrected chi connectivity index (χ2v) is 16.7. The van der Waals surface area contributed by atoms with Crippen LogP contribution in [0.25, 0.3) is 17.5 Å². The van der Waals surface area contributed by atoms with Crippen LogP contribution < -0.4 is 30.3 Å². The number of amides is 1. The average Bonchev–Trinajstić information content (AvgIpc) is 3.80. The van der Waals surface area contributed by atoms with Crippen LogP contribution in [0.4, 0.5) is 5.69 Å². The number of carboxylic acid groups (broad SMARTS) is 2. The Morgan fingerprint density at radius 2 is 1.64 bits per heavy atom. The summed E-state index contributed by atoms with van der Waals surface area (Å²) < 4.78 is 42.1. The zero-order valence-electron chi connectivity index (χ0n) is 29.9. The number of allylic oxidation sites excluding steroid dienone is 1. The van der Waals surface area contributed by atoms with Gasteiger partial charge in [-0.05, 0) is 0 Å². The molecule has 4 heterocycles. The van der Waals surface area contributed by atoms with Gasteiger partial charge in [-0.15, -0.1) is 0 Å². The summed E-state index contributed by atoms with van der Waals surface area (Å²) in [6, 6.07) is 12.3. The van der Waals surface area contributed by atoms with Gasteiger partial charge in [0.15, 0.2) is 0 Å². The van der Waals surface area contributed by atoms with Gasteiger partial charge in [0, 0.05) is 0 Å². The molecule has 2 aliphatic rings. The molecule has 0 aliphatic carbocycles. The molecule has 0 saturated carbocycles. The number of carbonyl (C=O) groups excluding carboxylic acids is 1. The number of hydrogen-bond donors (Lipinski definition) is 4. The standard InChI is InChI=1S/C35H34N6O12S2Se/c1-19(32-38(13-6-16-55(50,51)52)22-7-4-5-8-24(22)53-32)17-23-29(45)41(21-11-9-20(10-12-21)34(48)49)28(36(23)2)27-31(47)40(18-25(43)44)33(56-27)26-30(46)37(3)35(54)39(26)14-15-42/h4-5,7-12,17,42H,6,13-16,18H2,1-3H3,(H,43,44)(H,48,49)(H,50,51,52)/b23-17?,28-27-,32-19?,33-26+. The van der Waals surface area contributed by atoms with Crippen molar-refractivity contribution in [2.45, 2.75) is 19.9 Å². The minimum absolute atomic E-state index is 0.0123. The number of aromatic nitrogens is 3. The zero-order valence-corrected chi connectivity index (χ0v) is 33.2. The monoisotopic (exact) mass is 874 g/mol. The number of nitrogens with zero attached hydrogens (tertiary/aromatic N) is 6. The second kappa shape index (κ2) is 15.5. The number of aliphatic carboxylic acids is 1. The molecular formula is C35H34N6O12S2Se. The minimum Gasteiger partial charge on any atom is -0.286 e. The van der Waals surface area contributed by atoms with E-state index in [1.165, 1.54) is 58.5 Å². The number of rotatable bonds is 11. The van der Waals surface area contributed by atoms with Crippen molar-refractivity contribution in [2.75, 3.05) is 37.4 Å². The van der Waals surface area contributed by atoms with E-state index in [4.69, 9.17) is 17.0 Å². The molecule has 21 heteroatoms. The van der Waals surface area contributed by atoms with Gasteiger partial charge in [0.05, 0.1) is 0 Å². The number of aromatic carboxylic acids is 1. The van der Waals surface area contributed by atoms with Gasteiger partial charge in [0.25, 0.3) is 0 Å². The van der Waals surface area contributed by atoms with Crippen LogP contribution in [0.5, 0.6) is 5.75 Å². The van der Waals surface area contributed by atoms with Crippen molar-refractivity contribution >= 4 is 77.3 Å². The normalized spacial score (nSPS) is 17.2.